The van der Waals surface area contributed by atoms with Crippen molar-refractivity contribution in [2.75, 3.05) is 13.1 Å². The SMILES string of the molecule is NCCN.O=[PH](O)O.O=[PH](O)O.O=[PH](O)O.O=[PH](O)O. The van der Waals surface area contributed by atoms with Gasteiger partial charge in [0.2, 0.25) is 0 Å². The van der Waals surface area contributed by atoms with Crippen molar-refractivity contribution in [3.05, 3.63) is 0 Å². The Hall–Kier alpha value is 0.520. The average Bonchev–Trinajstić information content (AvgIpc) is 2.13. The topological polar surface area (TPSA) is 282 Å². The van der Waals surface area contributed by atoms with E-state index in [-0.39, 0.29) is 0 Å². The highest BCUT2D eigenvalue weighted by Gasteiger charge is 1.62. The van der Waals surface area contributed by atoms with E-state index in [0.717, 1.165) is 0 Å². The Labute approximate surface area is 116 Å². The van der Waals surface area contributed by atoms with Gasteiger partial charge in [0.15, 0.2) is 0 Å². The second-order valence-electron chi connectivity index (χ2n) is 1.71. The minimum Gasteiger partial charge on any atom is -0.329 e. The number of nitrogens with two attached hydrogens (primary N) is 2. The first-order valence-electron chi connectivity index (χ1n) is 3.92. The van der Waals surface area contributed by atoms with Crippen LogP contribution in [0.15, 0.2) is 0 Å². The van der Waals surface area contributed by atoms with E-state index in [1.54, 1.807) is 0 Å². The van der Waals surface area contributed by atoms with Crippen molar-refractivity contribution in [3.63, 3.8) is 0 Å². The van der Waals surface area contributed by atoms with Crippen LogP contribution in [0.3, 0.4) is 0 Å². The molecule has 0 aliphatic rings. The summed E-state index contributed by atoms with van der Waals surface area (Å²) in [5, 5.41) is 0. The Morgan fingerprint density at radius 1 is 0.500 bits per heavy atom. The fourth-order valence-electron chi connectivity index (χ4n) is 0. The molecule has 0 unspecified atom stereocenters. The summed E-state index contributed by atoms with van der Waals surface area (Å²) in [4.78, 5) is 57.3. The predicted molar refractivity (Wildman–Crippen MR) is 71.9 cm³/mol. The van der Waals surface area contributed by atoms with Crippen molar-refractivity contribution in [3.8, 4) is 0 Å². The van der Waals surface area contributed by atoms with E-state index in [9.17, 15) is 0 Å². The van der Waals surface area contributed by atoms with Gasteiger partial charge in [0.05, 0.1) is 0 Å². The zero-order valence-electron chi connectivity index (χ0n) is 9.78. The molecule has 0 spiro atoms. The molecular formula is C2H20N2O12P4. The maximum Gasteiger partial charge on any atom is 0.314 e. The molecule has 0 atom stereocenters. The van der Waals surface area contributed by atoms with Gasteiger partial charge >= 0.3 is 33.0 Å². The number of hydrogen-bond acceptors (Lipinski definition) is 6. The van der Waals surface area contributed by atoms with E-state index in [1.807, 2.05) is 0 Å². The molecule has 0 saturated heterocycles. The molecule has 0 bridgehead atoms. The Kier molecular flexibility index (Phi) is 51.5. The second kappa shape index (κ2) is 31.8. The van der Waals surface area contributed by atoms with Gasteiger partial charge in [-0.1, -0.05) is 0 Å². The number of hydrogen-bond donors (Lipinski definition) is 10. The first-order valence-corrected chi connectivity index (χ1v) is 9.13. The molecule has 0 rings (SSSR count). The van der Waals surface area contributed by atoms with Gasteiger partial charge in [-0.25, -0.2) is 0 Å². The van der Waals surface area contributed by atoms with Gasteiger partial charge in [-0.05, 0) is 0 Å². The largest absolute Gasteiger partial charge is 0.329 e. The summed E-state index contributed by atoms with van der Waals surface area (Å²) in [6, 6.07) is 0. The second-order valence-corrected chi connectivity index (χ2v) is 3.97. The van der Waals surface area contributed by atoms with E-state index in [1.165, 1.54) is 0 Å². The molecule has 0 heterocycles. The van der Waals surface area contributed by atoms with Gasteiger partial charge < -0.3 is 50.6 Å². The van der Waals surface area contributed by atoms with Crippen LogP contribution in [-0.2, 0) is 18.3 Å². The Bertz CT molecular complexity index is 194. The van der Waals surface area contributed by atoms with Crippen molar-refractivity contribution in [1.82, 2.24) is 0 Å². The van der Waals surface area contributed by atoms with Gasteiger partial charge in [-0.2, -0.15) is 0 Å². The molecular weight excluding hydrogens is 368 g/mol. The summed E-state index contributed by atoms with van der Waals surface area (Å²) in [7, 11) is -12.5. The molecule has 0 fully saturated rings. The molecule has 0 aliphatic heterocycles. The third kappa shape index (κ3) is 2460. The highest BCUT2D eigenvalue weighted by Crippen LogP contribution is 1.99. The molecule has 0 aromatic rings. The van der Waals surface area contributed by atoms with Gasteiger partial charge in [0, 0.05) is 13.1 Å². The van der Waals surface area contributed by atoms with Gasteiger partial charge in [0.25, 0.3) is 0 Å². The highest BCUT2D eigenvalue weighted by atomic mass is 31.1. The lowest BCUT2D eigenvalue weighted by Gasteiger charge is -1.72. The molecule has 0 saturated carbocycles. The quantitative estimate of drug-likeness (QED) is 0.194. The van der Waals surface area contributed by atoms with Gasteiger partial charge in [0.1, 0.15) is 0 Å². The zero-order valence-corrected chi connectivity index (χ0v) is 13.8. The van der Waals surface area contributed by atoms with Crippen LogP contribution in [0.25, 0.3) is 0 Å². The molecule has 0 aliphatic carbocycles. The number of rotatable bonds is 1. The van der Waals surface area contributed by atoms with Crippen LogP contribution >= 0.6 is 33.0 Å². The van der Waals surface area contributed by atoms with Crippen LogP contribution in [0.2, 0.25) is 0 Å². The lowest BCUT2D eigenvalue weighted by molar-refractivity contribution is 0.403. The predicted octanol–water partition coefficient (Wildman–Crippen LogP) is -3.65. The molecule has 0 amide bonds. The summed E-state index contributed by atoms with van der Waals surface area (Å²) in [5.74, 6) is 0. The molecule has 0 radical (unpaired) electrons. The monoisotopic (exact) mass is 388 g/mol. The lowest BCUT2D eigenvalue weighted by Crippen LogP contribution is -2.11. The molecule has 20 heavy (non-hydrogen) atoms. The summed E-state index contributed by atoms with van der Waals surface area (Å²) < 4.78 is 35.0. The van der Waals surface area contributed by atoms with Crippen molar-refractivity contribution < 1.29 is 57.4 Å². The maximum absolute atomic E-state index is 8.74. The Morgan fingerprint density at radius 3 is 0.550 bits per heavy atom. The minimum atomic E-state index is -3.13. The van der Waals surface area contributed by atoms with Crippen LogP contribution in [0.5, 0.6) is 0 Å². The van der Waals surface area contributed by atoms with Crippen LogP contribution < -0.4 is 11.5 Å². The van der Waals surface area contributed by atoms with Crippen LogP contribution in [0.1, 0.15) is 0 Å². The van der Waals surface area contributed by atoms with E-state index in [4.69, 9.17) is 68.9 Å². The summed E-state index contributed by atoms with van der Waals surface area (Å²) in [5.41, 5.74) is 9.81. The van der Waals surface area contributed by atoms with Crippen molar-refractivity contribution in [2.45, 2.75) is 0 Å². The van der Waals surface area contributed by atoms with E-state index in [0.29, 0.717) is 13.1 Å². The van der Waals surface area contributed by atoms with Crippen LogP contribution in [0, 0.1) is 0 Å². The molecule has 0 aromatic carbocycles. The fourth-order valence-corrected chi connectivity index (χ4v) is 0. The standard InChI is InChI=1S/C2H8N2.4H3O3P/c3-1-2-4;4*1-4(2)3/h1-4H2;4*4H,(H2,1,2,3). The summed E-state index contributed by atoms with van der Waals surface area (Å²) in [6.45, 7) is 1.19. The Balaban J connectivity index is -0.0000000469. The first kappa shape index (κ1) is 32.5. The zero-order chi connectivity index (χ0) is 17.7. The van der Waals surface area contributed by atoms with Crippen molar-refractivity contribution in [1.29, 1.82) is 0 Å². The lowest BCUT2D eigenvalue weighted by atomic mass is 10.7. The van der Waals surface area contributed by atoms with E-state index in [2.05, 4.69) is 0 Å². The highest BCUT2D eigenvalue weighted by molar-refractivity contribution is 7.31. The van der Waals surface area contributed by atoms with E-state index >= 15 is 0 Å². The van der Waals surface area contributed by atoms with Crippen molar-refractivity contribution in [2.24, 2.45) is 11.5 Å². The normalized spacial score (nSPS) is 8.50. The van der Waals surface area contributed by atoms with Gasteiger partial charge in [-0.3, -0.25) is 18.3 Å². The van der Waals surface area contributed by atoms with Crippen LogP contribution in [-0.4, -0.2) is 52.2 Å². The smallest absolute Gasteiger partial charge is 0.314 e. The summed E-state index contributed by atoms with van der Waals surface area (Å²) in [6.07, 6.45) is 0. The summed E-state index contributed by atoms with van der Waals surface area (Å²) >= 11 is 0. The first-order chi connectivity index (χ1) is 8.84. The Morgan fingerprint density at radius 2 is 0.550 bits per heavy atom. The third-order valence-electron chi connectivity index (χ3n) is 0.167. The molecule has 18 heteroatoms. The molecule has 130 valence electrons. The maximum atomic E-state index is 8.74. The molecule has 0 aromatic heterocycles. The molecule has 14 nitrogen and oxygen atoms in total. The van der Waals surface area contributed by atoms with Crippen molar-refractivity contribution >= 4 is 33.0 Å². The van der Waals surface area contributed by atoms with E-state index < -0.39 is 33.0 Å². The molecule has 12 N–H and O–H groups in total. The minimum absolute atomic E-state index is 0.597. The van der Waals surface area contributed by atoms with Crippen LogP contribution in [0.4, 0.5) is 0 Å². The third-order valence-corrected chi connectivity index (χ3v) is 0.167. The average molecular weight is 388 g/mol. The van der Waals surface area contributed by atoms with Gasteiger partial charge in [-0.15, -0.1) is 0 Å². The fraction of sp³-hybridized carbons (Fsp3) is 1.00.